The van der Waals surface area contributed by atoms with Crippen LogP contribution in [0.25, 0.3) is 17.2 Å². The predicted molar refractivity (Wildman–Crippen MR) is 160 cm³/mol. The van der Waals surface area contributed by atoms with Crippen LogP contribution in [0.15, 0.2) is 67.8 Å². The number of alkyl carbamates (subject to hydrolysis) is 1. The highest BCUT2D eigenvalue weighted by Crippen LogP contribution is 2.41. The van der Waals surface area contributed by atoms with E-state index in [0.717, 1.165) is 22.3 Å². The van der Waals surface area contributed by atoms with Crippen LogP contribution in [-0.2, 0) is 29.4 Å². The minimum atomic E-state index is -0.960. The van der Waals surface area contributed by atoms with Crippen molar-refractivity contribution in [3.8, 4) is 11.1 Å². The maximum Gasteiger partial charge on any atom is 0.407 e. The van der Waals surface area contributed by atoms with Gasteiger partial charge in [0.15, 0.2) is 0 Å². The van der Waals surface area contributed by atoms with Gasteiger partial charge >= 0.3 is 12.1 Å². The highest BCUT2D eigenvalue weighted by atomic mass is 16.5. The third-order valence-electron chi connectivity index (χ3n) is 7.54. The fourth-order valence-corrected chi connectivity index (χ4v) is 5.18. The van der Waals surface area contributed by atoms with Crippen LogP contribution in [0, 0.1) is 5.41 Å². The van der Waals surface area contributed by atoms with Gasteiger partial charge in [-0.1, -0.05) is 88.0 Å². The first-order valence-corrected chi connectivity index (χ1v) is 13.8. The smallest absolute Gasteiger partial charge is 0.407 e. The molecule has 8 nitrogen and oxygen atoms in total. The van der Waals surface area contributed by atoms with E-state index in [1.54, 1.807) is 13.2 Å². The van der Waals surface area contributed by atoms with E-state index in [2.05, 4.69) is 18.5 Å². The van der Waals surface area contributed by atoms with Crippen LogP contribution in [0.5, 0.6) is 0 Å². The molecule has 0 aromatic heterocycles. The average Bonchev–Trinajstić information content (AvgIpc) is 3.38. The van der Waals surface area contributed by atoms with E-state index in [1.807, 2.05) is 75.4 Å². The third-order valence-corrected chi connectivity index (χ3v) is 7.54. The molecule has 1 N–H and O–H groups in total. The van der Waals surface area contributed by atoms with Gasteiger partial charge in [0.2, 0.25) is 5.91 Å². The summed E-state index contributed by atoms with van der Waals surface area (Å²) >= 11 is 0. The molecule has 0 spiro atoms. The molecule has 0 aliphatic carbocycles. The molecule has 0 radical (unpaired) electrons. The minimum absolute atomic E-state index is 0.104. The summed E-state index contributed by atoms with van der Waals surface area (Å²) in [6, 6.07) is 14.0. The zero-order valence-electron chi connectivity index (χ0n) is 24.8. The number of ether oxygens (including phenoxy) is 3. The van der Waals surface area contributed by atoms with Crippen molar-refractivity contribution in [1.82, 2.24) is 10.2 Å². The second-order valence-electron chi connectivity index (χ2n) is 11.3. The van der Waals surface area contributed by atoms with Gasteiger partial charge in [0.25, 0.3) is 0 Å². The quantitative estimate of drug-likeness (QED) is 0.214. The molecule has 2 aromatic rings. The number of allylic oxidation sites excluding steroid dienone is 1. The molecule has 41 heavy (non-hydrogen) atoms. The Balaban J connectivity index is 1.91. The van der Waals surface area contributed by atoms with Gasteiger partial charge in [-0.15, -0.1) is 6.58 Å². The summed E-state index contributed by atoms with van der Waals surface area (Å²) in [4.78, 5) is 41.1. The molecule has 8 heteroatoms. The summed E-state index contributed by atoms with van der Waals surface area (Å²) in [7, 11) is 2.87. The van der Waals surface area contributed by atoms with Crippen molar-refractivity contribution in [3.05, 3.63) is 78.9 Å². The summed E-state index contributed by atoms with van der Waals surface area (Å²) in [5.41, 5.74) is 2.27. The molecule has 1 aliphatic rings. The van der Waals surface area contributed by atoms with Gasteiger partial charge in [-0.05, 0) is 40.5 Å². The first-order chi connectivity index (χ1) is 19.5. The number of carbonyl (C=O) groups is 3. The van der Waals surface area contributed by atoms with Gasteiger partial charge in [0.05, 0.1) is 20.3 Å². The third kappa shape index (κ3) is 7.24. The molecule has 220 valence electrons. The number of esters is 1. The summed E-state index contributed by atoms with van der Waals surface area (Å²) in [5.74, 6) is -0.958. The number of rotatable bonds is 11. The van der Waals surface area contributed by atoms with E-state index in [9.17, 15) is 14.4 Å². The number of nitrogens with one attached hydrogen (secondary N) is 1. The maximum absolute atomic E-state index is 14.0. The lowest BCUT2D eigenvalue weighted by Gasteiger charge is -2.35. The monoisotopic (exact) mass is 562 g/mol. The highest BCUT2D eigenvalue weighted by molar-refractivity contribution is 5.91. The maximum atomic E-state index is 14.0. The number of carbonyl (C=O) groups excluding carboxylic acids is 3. The van der Waals surface area contributed by atoms with Gasteiger partial charge < -0.3 is 24.4 Å². The van der Waals surface area contributed by atoms with Gasteiger partial charge in [-0.2, -0.15) is 0 Å². The van der Waals surface area contributed by atoms with Crippen LogP contribution in [-0.4, -0.2) is 62.3 Å². The van der Waals surface area contributed by atoms with Crippen molar-refractivity contribution in [2.45, 2.75) is 57.7 Å². The Bertz CT molecular complexity index is 1250. The summed E-state index contributed by atoms with van der Waals surface area (Å²) < 4.78 is 16.4. The molecule has 3 rings (SSSR count). The van der Waals surface area contributed by atoms with Crippen molar-refractivity contribution < 1.29 is 28.6 Å². The van der Waals surface area contributed by atoms with Crippen molar-refractivity contribution >= 4 is 24.0 Å². The molecule has 1 heterocycles. The fraction of sp³-hybridized carbons (Fsp3) is 0.424. The minimum Gasteiger partial charge on any atom is -0.467 e. The van der Waals surface area contributed by atoms with Crippen LogP contribution in [0.3, 0.4) is 0 Å². The molecule has 3 atom stereocenters. The first-order valence-electron chi connectivity index (χ1n) is 13.8. The Morgan fingerprint density at radius 2 is 1.78 bits per heavy atom. The predicted octanol–water partition coefficient (Wildman–Crippen LogP) is 5.72. The second-order valence-corrected chi connectivity index (χ2v) is 11.3. The normalized spacial score (nSPS) is 19.2. The number of hydrogen-bond donors (Lipinski definition) is 1. The number of benzene rings is 2. The Labute approximate surface area is 243 Å². The largest absolute Gasteiger partial charge is 0.467 e. The standard InChI is InChI=1S/C33H42N2O6/c1-8-10-13-20-41-31(38)34-28(32(3,4)5)29(36)35-22-33(40-7,21-27(35)30(37)39-6)25-18-16-24(17-19-25)26-15-12-11-14-23(26)9-2/h8-9,11-12,14-19,27-28H,1-2,10,13,20-22H2,3-7H3,(H,34,38)/t27-,28+,33-/m0/s1. The second kappa shape index (κ2) is 13.6. The molecule has 0 saturated carbocycles. The number of likely N-dealkylation sites (tertiary alicyclic amines) is 1. The first kappa shape index (κ1) is 31.6. The van der Waals surface area contributed by atoms with Crippen molar-refractivity contribution in [2.24, 2.45) is 5.41 Å². The van der Waals surface area contributed by atoms with Crippen molar-refractivity contribution in [3.63, 3.8) is 0 Å². The van der Waals surface area contributed by atoms with E-state index in [1.165, 1.54) is 12.0 Å². The van der Waals surface area contributed by atoms with E-state index >= 15 is 0 Å². The molecule has 1 fully saturated rings. The average molecular weight is 563 g/mol. The molecule has 1 aliphatic heterocycles. The Hall–Kier alpha value is -3.91. The van der Waals surface area contributed by atoms with E-state index in [4.69, 9.17) is 14.2 Å². The topological polar surface area (TPSA) is 94.2 Å². The molecular formula is C33H42N2O6. The summed E-state index contributed by atoms with van der Waals surface area (Å²) in [5, 5.41) is 2.73. The van der Waals surface area contributed by atoms with Crippen LogP contribution in [0.4, 0.5) is 4.79 Å². The Morgan fingerprint density at radius 1 is 1.10 bits per heavy atom. The zero-order chi connectivity index (χ0) is 30.2. The lowest BCUT2D eigenvalue weighted by atomic mass is 9.85. The van der Waals surface area contributed by atoms with Gasteiger partial charge in [0, 0.05) is 13.5 Å². The zero-order valence-corrected chi connectivity index (χ0v) is 24.8. The molecule has 2 aromatic carbocycles. The lowest BCUT2D eigenvalue weighted by Crippen LogP contribution is -2.57. The number of methoxy groups -OCH3 is 2. The fourth-order valence-electron chi connectivity index (χ4n) is 5.18. The van der Waals surface area contributed by atoms with Crippen LogP contribution >= 0.6 is 0 Å². The Morgan fingerprint density at radius 3 is 2.37 bits per heavy atom. The van der Waals surface area contributed by atoms with Crippen molar-refractivity contribution in [1.29, 1.82) is 0 Å². The molecular weight excluding hydrogens is 520 g/mol. The summed E-state index contributed by atoms with van der Waals surface area (Å²) in [6.07, 6.45) is 4.43. The molecule has 0 bridgehead atoms. The number of nitrogens with zero attached hydrogens (tertiary/aromatic N) is 1. The van der Waals surface area contributed by atoms with Gasteiger partial charge in [0.1, 0.15) is 17.7 Å². The van der Waals surface area contributed by atoms with Gasteiger partial charge in [-0.3, -0.25) is 4.79 Å². The lowest BCUT2D eigenvalue weighted by molar-refractivity contribution is -0.152. The number of unbranched alkanes of at least 4 members (excludes halogenated alkanes) is 1. The van der Waals surface area contributed by atoms with E-state index in [0.29, 0.717) is 12.8 Å². The Kier molecular flexibility index (Phi) is 10.5. The van der Waals surface area contributed by atoms with Crippen molar-refractivity contribution in [2.75, 3.05) is 27.4 Å². The highest BCUT2D eigenvalue weighted by Gasteiger charge is 2.53. The number of amides is 2. The molecule has 0 unspecified atom stereocenters. The SMILES string of the molecule is C=CCCCOC(=O)N[C@H](C(=O)N1C[C@](OC)(c2ccc(-c3ccccc3C=C)cc2)C[C@H]1C(=O)OC)C(C)(C)C. The van der Waals surface area contributed by atoms with Gasteiger partial charge in [-0.25, -0.2) is 9.59 Å². The van der Waals surface area contributed by atoms with Crippen LogP contribution in [0.2, 0.25) is 0 Å². The molecule has 1 saturated heterocycles. The van der Waals surface area contributed by atoms with E-state index in [-0.39, 0.29) is 19.6 Å². The van der Waals surface area contributed by atoms with Crippen LogP contribution < -0.4 is 5.32 Å². The summed E-state index contributed by atoms with van der Waals surface area (Å²) in [6.45, 7) is 13.4. The van der Waals surface area contributed by atoms with Crippen LogP contribution in [0.1, 0.15) is 51.2 Å². The molecule has 2 amide bonds. The van der Waals surface area contributed by atoms with E-state index < -0.39 is 41.1 Å². The number of hydrogen-bond acceptors (Lipinski definition) is 6.